The molecule has 1 saturated heterocycles. The summed E-state index contributed by atoms with van der Waals surface area (Å²) in [5, 5.41) is 1.04. The molecule has 0 aromatic heterocycles. The molecule has 0 aliphatic carbocycles. The van der Waals surface area contributed by atoms with Gasteiger partial charge in [-0.1, -0.05) is 13.8 Å². The van der Waals surface area contributed by atoms with Gasteiger partial charge in [-0.15, -0.1) is 47.0 Å². The third kappa shape index (κ3) is 7.52. The van der Waals surface area contributed by atoms with E-state index in [9.17, 15) is 0 Å². The van der Waals surface area contributed by atoms with Crippen LogP contribution in [0.3, 0.4) is 0 Å². The lowest BCUT2D eigenvalue weighted by Gasteiger charge is -2.27. The molecule has 0 bridgehead atoms. The summed E-state index contributed by atoms with van der Waals surface area (Å²) in [7, 11) is 0. The molecule has 4 unspecified atom stereocenters. The second-order valence-corrected chi connectivity index (χ2v) is 11.2. The van der Waals surface area contributed by atoms with Crippen molar-refractivity contribution < 1.29 is 0 Å². The van der Waals surface area contributed by atoms with Crippen molar-refractivity contribution in [2.24, 2.45) is 0 Å². The molecule has 4 atom stereocenters. The van der Waals surface area contributed by atoms with Crippen LogP contribution in [0.1, 0.15) is 13.8 Å². The van der Waals surface area contributed by atoms with Crippen molar-refractivity contribution in [1.29, 1.82) is 0 Å². The minimum absolute atomic E-state index is 0.521. The van der Waals surface area contributed by atoms with E-state index in [1.54, 1.807) is 0 Å². The van der Waals surface area contributed by atoms with Crippen molar-refractivity contribution >= 4 is 72.3 Å². The Morgan fingerprint density at radius 2 is 1.38 bits per heavy atom. The Morgan fingerprint density at radius 1 is 1.00 bits per heavy atom. The molecule has 0 N–H and O–H groups in total. The third-order valence-electron chi connectivity index (χ3n) is 1.88. The Labute approximate surface area is 128 Å². The summed E-state index contributed by atoms with van der Waals surface area (Å²) in [5.74, 6) is 4.92. The second-order valence-electron chi connectivity index (χ2n) is 3.89. The van der Waals surface area contributed by atoms with Gasteiger partial charge in [0.2, 0.25) is 0 Å². The first kappa shape index (κ1) is 16.2. The second kappa shape index (κ2) is 9.08. The van der Waals surface area contributed by atoms with E-state index in [1.807, 2.05) is 0 Å². The largest absolute Gasteiger partial charge is 0.175 e. The Hall–Kier alpha value is 2.10. The predicted molar refractivity (Wildman–Crippen MR) is 94.3 cm³/mol. The fourth-order valence-electron chi connectivity index (χ4n) is 1.15. The fraction of sp³-hybridized carbons (Fsp3) is 1.00. The monoisotopic (exact) mass is 332 g/mol. The maximum absolute atomic E-state index is 4.42. The van der Waals surface area contributed by atoms with E-state index in [2.05, 4.69) is 86.2 Å². The fourth-order valence-corrected chi connectivity index (χ4v) is 7.59. The molecule has 0 amide bonds. The van der Waals surface area contributed by atoms with E-state index in [-0.39, 0.29) is 0 Å². The van der Waals surface area contributed by atoms with Crippen LogP contribution >= 0.6 is 72.3 Å². The van der Waals surface area contributed by atoms with E-state index in [1.165, 1.54) is 23.0 Å². The molecule has 0 saturated carbocycles. The predicted octanol–water partition coefficient (Wildman–Crippen LogP) is 4.22. The highest BCUT2D eigenvalue weighted by Crippen LogP contribution is 2.40. The topological polar surface area (TPSA) is 0 Å². The highest BCUT2D eigenvalue weighted by Gasteiger charge is 2.23. The summed E-state index contributed by atoms with van der Waals surface area (Å²) < 4.78 is 1.56. The number of hydrogen-bond donors (Lipinski definition) is 2. The highest BCUT2D eigenvalue weighted by molar-refractivity contribution is 8.23. The average Bonchev–Trinajstić information content (AvgIpc) is 2.25. The van der Waals surface area contributed by atoms with Gasteiger partial charge in [-0.3, -0.25) is 0 Å². The summed E-state index contributed by atoms with van der Waals surface area (Å²) >= 11 is 17.2. The van der Waals surface area contributed by atoms with Crippen molar-refractivity contribution in [2.75, 3.05) is 23.0 Å². The van der Waals surface area contributed by atoms with E-state index < -0.39 is 0 Å². The van der Waals surface area contributed by atoms with Crippen LogP contribution in [0, 0.1) is 0 Å². The zero-order valence-corrected chi connectivity index (χ0v) is 14.7. The molecule has 0 nitrogen and oxygen atoms in total. The summed E-state index contributed by atoms with van der Waals surface area (Å²) in [6.45, 7) is 4.34. The number of hydrogen-bond acceptors (Lipinski definition) is 6. The Morgan fingerprint density at radius 3 is 1.62 bits per heavy atom. The van der Waals surface area contributed by atoms with Crippen molar-refractivity contribution in [3.05, 3.63) is 0 Å². The summed E-state index contributed by atoms with van der Waals surface area (Å²) in [6.07, 6.45) is 0. The zero-order valence-electron chi connectivity index (χ0n) is 9.67. The first-order chi connectivity index (χ1) is 7.58. The first-order valence-electron chi connectivity index (χ1n) is 5.40. The summed E-state index contributed by atoms with van der Waals surface area (Å²) in [4.78, 5) is 0. The molecular formula is C10H20S6. The van der Waals surface area contributed by atoms with Gasteiger partial charge in [0, 0.05) is 33.5 Å². The van der Waals surface area contributed by atoms with Crippen LogP contribution in [0.4, 0.5) is 0 Å². The van der Waals surface area contributed by atoms with Crippen molar-refractivity contribution in [3.63, 3.8) is 0 Å². The maximum atomic E-state index is 4.42. The normalized spacial score (nSPS) is 30.0. The molecule has 16 heavy (non-hydrogen) atoms. The third-order valence-corrected chi connectivity index (χ3v) is 9.81. The lowest BCUT2D eigenvalue weighted by Crippen LogP contribution is -2.19. The number of rotatable bonds is 6. The van der Waals surface area contributed by atoms with Crippen molar-refractivity contribution in [2.45, 2.75) is 33.5 Å². The van der Waals surface area contributed by atoms with Crippen molar-refractivity contribution in [1.82, 2.24) is 0 Å². The van der Waals surface area contributed by atoms with E-state index in [0.29, 0.717) is 10.5 Å². The van der Waals surface area contributed by atoms with Crippen LogP contribution in [0.5, 0.6) is 0 Å². The molecule has 0 aromatic rings. The SMILES string of the molecule is CC(S)CSC1CSC(SCC(C)S)CS1. The van der Waals surface area contributed by atoms with E-state index >= 15 is 0 Å². The van der Waals surface area contributed by atoms with Crippen LogP contribution in [-0.2, 0) is 0 Å². The number of thiol groups is 2. The Balaban J connectivity index is 2.09. The highest BCUT2D eigenvalue weighted by atomic mass is 32.2. The minimum Gasteiger partial charge on any atom is -0.175 e. The van der Waals surface area contributed by atoms with Gasteiger partial charge in [-0.2, -0.15) is 25.3 Å². The van der Waals surface area contributed by atoms with Crippen LogP contribution in [0.2, 0.25) is 0 Å². The lowest BCUT2D eigenvalue weighted by atomic mass is 10.6. The zero-order chi connectivity index (χ0) is 12.0. The smallest absolute Gasteiger partial charge is 0.0594 e. The maximum Gasteiger partial charge on any atom is 0.0594 e. The summed E-state index contributed by atoms with van der Waals surface area (Å²) in [5.41, 5.74) is 0. The molecule has 6 heteroatoms. The first-order valence-corrected chi connectivity index (χ1v) is 10.6. The molecule has 1 fully saturated rings. The lowest BCUT2D eigenvalue weighted by molar-refractivity contribution is 1.13. The molecule has 96 valence electrons. The van der Waals surface area contributed by atoms with Gasteiger partial charge in [-0.05, 0) is 0 Å². The van der Waals surface area contributed by atoms with Crippen LogP contribution in [0.25, 0.3) is 0 Å². The van der Waals surface area contributed by atoms with E-state index in [4.69, 9.17) is 0 Å². The van der Waals surface area contributed by atoms with Gasteiger partial charge in [-0.25, -0.2) is 0 Å². The van der Waals surface area contributed by atoms with Gasteiger partial charge in [0.1, 0.15) is 0 Å². The quantitative estimate of drug-likeness (QED) is 0.699. The Bertz CT molecular complexity index is 156. The van der Waals surface area contributed by atoms with Gasteiger partial charge >= 0.3 is 0 Å². The van der Waals surface area contributed by atoms with Crippen LogP contribution < -0.4 is 0 Å². The van der Waals surface area contributed by atoms with Gasteiger partial charge in [0.05, 0.1) is 9.16 Å². The molecule has 0 spiro atoms. The van der Waals surface area contributed by atoms with Gasteiger partial charge in [0.25, 0.3) is 0 Å². The molecule has 1 aliphatic rings. The molecular weight excluding hydrogens is 313 g/mol. The van der Waals surface area contributed by atoms with Crippen LogP contribution in [0.15, 0.2) is 0 Å². The van der Waals surface area contributed by atoms with Gasteiger partial charge < -0.3 is 0 Å². The number of thioether (sulfide) groups is 4. The van der Waals surface area contributed by atoms with Gasteiger partial charge in [0.15, 0.2) is 0 Å². The minimum atomic E-state index is 0.521. The van der Waals surface area contributed by atoms with Crippen LogP contribution in [-0.4, -0.2) is 42.7 Å². The molecule has 0 radical (unpaired) electrons. The Kier molecular flexibility index (Phi) is 9.16. The standard InChI is InChI=1S/C10H20S6/c1-7(11)3-13-9-5-16-10(6-15-9)14-4-8(2)12/h7-12H,3-6H2,1-2H3. The average molecular weight is 333 g/mol. The molecule has 1 heterocycles. The van der Waals surface area contributed by atoms with Crippen molar-refractivity contribution in [3.8, 4) is 0 Å². The molecule has 0 aromatic carbocycles. The molecule has 1 aliphatic heterocycles. The summed E-state index contributed by atoms with van der Waals surface area (Å²) in [6, 6.07) is 0. The van der Waals surface area contributed by atoms with E-state index in [0.717, 1.165) is 9.16 Å². The molecule has 1 rings (SSSR count).